The third-order valence-corrected chi connectivity index (χ3v) is 5.73. The van der Waals surface area contributed by atoms with Crippen LogP contribution in [0.25, 0.3) is 0 Å². The summed E-state index contributed by atoms with van der Waals surface area (Å²) in [6, 6.07) is 10.1. The Labute approximate surface area is 186 Å². The lowest BCUT2D eigenvalue weighted by atomic mass is 10.1. The molecule has 1 aromatic carbocycles. The summed E-state index contributed by atoms with van der Waals surface area (Å²) in [7, 11) is 3.77. The summed E-state index contributed by atoms with van der Waals surface area (Å²) in [5.74, 6) is 1.37. The second kappa shape index (κ2) is 12.0. The molecule has 7 heteroatoms. The lowest BCUT2D eigenvalue weighted by molar-refractivity contribution is 0.0497. The van der Waals surface area contributed by atoms with E-state index in [0.29, 0.717) is 18.0 Å². The number of nitrogens with zero attached hydrogens (tertiary/aromatic N) is 4. The second-order valence-electron chi connectivity index (χ2n) is 8.21. The molecule has 1 aromatic heterocycles. The van der Waals surface area contributed by atoms with Crippen LogP contribution in [0, 0.1) is 0 Å². The number of benzene rings is 1. The molecule has 170 valence electrons. The van der Waals surface area contributed by atoms with Crippen molar-refractivity contribution in [2.24, 2.45) is 0 Å². The first-order chi connectivity index (χ1) is 15.1. The fourth-order valence-electron chi connectivity index (χ4n) is 3.78. The van der Waals surface area contributed by atoms with Gasteiger partial charge >= 0.3 is 0 Å². The van der Waals surface area contributed by atoms with Gasteiger partial charge in [0.25, 0.3) is 0 Å². The van der Waals surface area contributed by atoms with Gasteiger partial charge in [-0.2, -0.15) is 0 Å². The van der Waals surface area contributed by atoms with Crippen LogP contribution in [0.3, 0.4) is 0 Å². The zero-order valence-corrected chi connectivity index (χ0v) is 19.0. The van der Waals surface area contributed by atoms with E-state index in [2.05, 4.69) is 39.7 Å². The quantitative estimate of drug-likeness (QED) is 0.588. The number of ether oxygens (including phenoxy) is 2. The van der Waals surface area contributed by atoms with E-state index < -0.39 is 6.10 Å². The van der Waals surface area contributed by atoms with Crippen LogP contribution >= 0.6 is 0 Å². The number of pyridine rings is 1. The van der Waals surface area contributed by atoms with Crippen molar-refractivity contribution in [2.75, 3.05) is 60.0 Å². The maximum atomic E-state index is 10.5. The van der Waals surface area contributed by atoms with Crippen LogP contribution in [0.4, 0.5) is 0 Å². The van der Waals surface area contributed by atoms with Crippen LogP contribution in [0.15, 0.2) is 42.7 Å². The third kappa shape index (κ3) is 7.47. The van der Waals surface area contributed by atoms with Crippen LogP contribution in [0.5, 0.6) is 11.5 Å². The van der Waals surface area contributed by atoms with Crippen LogP contribution in [-0.2, 0) is 13.1 Å². The summed E-state index contributed by atoms with van der Waals surface area (Å²) < 4.78 is 11.5. The van der Waals surface area contributed by atoms with E-state index in [4.69, 9.17) is 9.47 Å². The van der Waals surface area contributed by atoms with Crippen molar-refractivity contribution in [1.29, 1.82) is 0 Å². The average molecular weight is 429 g/mol. The molecule has 0 saturated carbocycles. The van der Waals surface area contributed by atoms with E-state index in [0.717, 1.165) is 51.4 Å². The molecule has 0 bridgehead atoms. The zero-order chi connectivity index (χ0) is 22.1. The summed E-state index contributed by atoms with van der Waals surface area (Å²) in [5.41, 5.74) is 2.40. The highest BCUT2D eigenvalue weighted by molar-refractivity contribution is 5.43. The molecule has 0 amide bonds. The number of piperazine rings is 1. The number of aliphatic hydroxyl groups is 1. The average Bonchev–Trinajstić information content (AvgIpc) is 2.79. The third-order valence-electron chi connectivity index (χ3n) is 5.73. The van der Waals surface area contributed by atoms with Gasteiger partial charge in [-0.15, -0.1) is 0 Å². The maximum Gasteiger partial charge on any atom is 0.161 e. The fourth-order valence-corrected chi connectivity index (χ4v) is 3.78. The first kappa shape index (κ1) is 23.5. The highest BCUT2D eigenvalue weighted by Gasteiger charge is 2.18. The maximum absolute atomic E-state index is 10.5. The number of aliphatic hydroxyl groups excluding tert-OH is 1. The molecule has 0 unspecified atom stereocenters. The molecule has 2 heterocycles. The summed E-state index contributed by atoms with van der Waals surface area (Å²) in [5, 5.41) is 10.5. The lowest BCUT2D eigenvalue weighted by Crippen LogP contribution is -2.47. The van der Waals surface area contributed by atoms with Gasteiger partial charge in [-0.3, -0.25) is 14.8 Å². The fraction of sp³-hybridized carbons (Fsp3) is 0.542. The number of hydrogen-bond acceptors (Lipinski definition) is 7. The number of hydrogen-bond donors (Lipinski definition) is 1. The zero-order valence-electron chi connectivity index (χ0n) is 19.0. The van der Waals surface area contributed by atoms with Gasteiger partial charge in [0, 0.05) is 58.2 Å². The first-order valence-electron chi connectivity index (χ1n) is 11.1. The van der Waals surface area contributed by atoms with E-state index in [1.807, 2.05) is 36.7 Å². The van der Waals surface area contributed by atoms with Gasteiger partial charge in [-0.1, -0.05) is 13.0 Å². The van der Waals surface area contributed by atoms with Crippen molar-refractivity contribution in [2.45, 2.75) is 26.1 Å². The van der Waals surface area contributed by atoms with Gasteiger partial charge in [0.15, 0.2) is 11.5 Å². The minimum absolute atomic E-state index is 0.251. The predicted octanol–water partition coefficient (Wildman–Crippen LogP) is 2.10. The predicted molar refractivity (Wildman–Crippen MR) is 122 cm³/mol. The van der Waals surface area contributed by atoms with Crippen molar-refractivity contribution in [3.8, 4) is 11.5 Å². The molecule has 31 heavy (non-hydrogen) atoms. The molecule has 2 aromatic rings. The molecular weight excluding hydrogens is 392 g/mol. The van der Waals surface area contributed by atoms with Gasteiger partial charge in [-0.05, 0) is 49.0 Å². The second-order valence-corrected chi connectivity index (χ2v) is 8.21. The Morgan fingerprint density at radius 3 is 2.42 bits per heavy atom. The molecule has 1 N–H and O–H groups in total. The van der Waals surface area contributed by atoms with Crippen LogP contribution in [-0.4, -0.2) is 90.9 Å². The lowest BCUT2D eigenvalue weighted by Gasteiger charge is -2.33. The van der Waals surface area contributed by atoms with E-state index >= 15 is 0 Å². The van der Waals surface area contributed by atoms with Gasteiger partial charge < -0.3 is 19.5 Å². The number of β-amino-alcohol motifs (C(OH)–C–C–N with tert-alkyl or cyclic N) is 1. The molecule has 0 aliphatic carbocycles. The molecule has 0 spiro atoms. The highest BCUT2D eigenvalue weighted by Crippen LogP contribution is 2.29. The number of methoxy groups -OCH3 is 1. The van der Waals surface area contributed by atoms with Gasteiger partial charge in [0.2, 0.25) is 0 Å². The Bertz CT molecular complexity index is 782. The van der Waals surface area contributed by atoms with E-state index in [-0.39, 0.29) is 6.61 Å². The molecular formula is C24H36N4O3. The Hall–Kier alpha value is -2.19. The van der Waals surface area contributed by atoms with Crippen molar-refractivity contribution in [1.82, 2.24) is 19.7 Å². The van der Waals surface area contributed by atoms with Crippen molar-refractivity contribution < 1.29 is 14.6 Å². The minimum atomic E-state index is -0.532. The number of likely N-dealkylation sites (N-methyl/N-ethyl adjacent to an activating group) is 1. The summed E-state index contributed by atoms with van der Waals surface area (Å²) >= 11 is 0. The molecule has 1 fully saturated rings. The van der Waals surface area contributed by atoms with Gasteiger partial charge in [0.05, 0.1) is 7.11 Å². The largest absolute Gasteiger partial charge is 0.493 e. The Kier molecular flexibility index (Phi) is 9.09. The molecule has 1 aliphatic rings. The Morgan fingerprint density at radius 1 is 1.03 bits per heavy atom. The van der Waals surface area contributed by atoms with Crippen molar-refractivity contribution in [3.63, 3.8) is 0 Å². The topological polar surface area (TPSA) is 61.3 Å². The van der Waals surface area contributed by atoms with Crippen LogP contribution in [0.2, 0.25) is 0 Å². The number of rotatable bonds is 11. The van der Waals surface area contributed by atoms with E-state index in [9.17, 15) is 5.11 Å². The molecule has 1 atom stereocenters. The SMILES string of the molecule is CCN(Cc1ccncc1)Cc1ccc(OC)c(OC[C@H](O)CN2CCN(C)CC2)c1. The minimum Gasteiger partial charge on any atom is -0.493 e. The van der Waals surface area contributed by atoms with Gasteiger partial charge in [0.1, 0.15) is 12.7 Å². The van der Waals surface area contributed by atoms with E-state index in [1.54, 1.807) is 7.11 Å². The normalized spacial score (nSPS) is 16.4. The monoisotopic (exact) mass is 428 g/mol. The van der Waals surface area contributed by atoms with Crippen LogP contribution in [0.1, 0.15) is 18.1 Å². The van der Waals surface area contributed by atoms with Crippen LogP contribution < -0.4 is 9.47 Å². The molecule has 7 nitrogen and oxygen atoms in total. The molecule has 1 saturated heterocycles. The van der Waals surface area contributed by atoms with Crippen molar-refractivity contribution >= 4 is 0 Å². The number of aromatic nitrogens is 1. The Balaban J connectivity index is 1.56. The molecule has 3 rings (SSSR count). The molecule has 1 aliphatic heterocycles. The Morgan fingerprint density at radius 2 is 1.74 bits per heavy atom. The summed E-state index contributed by atoms with van der Waals surface area (Å²) in [4.78, 5) is 11.1. The smallest absolute Gasteiger partial charge is 0.161 e. The standard InChI is InChI=1S/C24H36N4O3/c1-4-27(16-20-7-9-25-10-8-20)17-21-5-6-23(30-3)24(15-21)31-19-22(29)18-28-13-11-26(2)12-14-28/h5-10,15,22,29H,4,11-14,16-19H2,1-3H3/t22-/m1/s1. The summed E-state index contributed by atoms with van der Waals surface area (Å²) in [6.07, 6.45) is 3.13. The van der Waals surface area contributed by atoms with Gasteiger partial charge in [-0.25, -0.2) is 0 Å². The van der Waals surface area contributed by atoms with Crippen molar-refractivity contribution in [3.05, 3.63) is 53.9 Å². The first-order valence-corrected chi connectivity index (χ1v) is 11.1. The molecule has 0 radical (unpaired) electrons. The summed E-state index contributed by atoms with van der Waals surface area (Å²) in [6.45, 7) is 9.70. The van der Waals surface area contributed by atoms with E-state index in [1.165, 1.54) is 5.56 Å². The highest BCUT2D eigenvalue weighted by atomic mass is 16.5.